The molecule has 5 nitrogen and oxygen atoms in total. The van der Waals surface area contributed by atoms with Gasteiger partial charge < -0.3 is 15.5 Å². The van der Waals surface area contributed by atoms with E-state index in [4.69, 9.17) is 0 Å². The van der Waals surface area contributed by atoms with Gasteiger partial charge in [0.25, 0.3) is 0 Å². The van der Waals surface area contributed by atoms with Crippen LogP contribution in [-0.2, 0) is 4.79 Å². The van der Waals surface area contributed by atoms with Crippen LogP contribution in [0.4, 0.5) is 4.79 Å². The van der Waals surface area contributed by atoms with Crippen molar-refractivity contribution in [3.63, 3.8) is 0 Å². The zero-order valence-corrected chi connectivity index (χ0v) is 28.8. The molecule has 46 heavy (non-hydrogen) atoms. The Morgan fingerprint density at radius 2 is 1.13 bits per heavy atom. The smallest absolute Gasteiger partial charge is 0.315 e. The summed E-state index contributed by atoms with van der Waals surface area (Å²) in [6, 6.07) is 43.7. The van der Waals surface area contributed by atoms with Gasteiger partial charge >= 0.3 is 6.03 Å². The molecule has 2 heterocycles. The fourth-order valence-corrected chi connectivity index (χ4v) is 12.7. The first-order valence-electron chi connectivity index (χ1n) is 16.4. The molecule has 3 atom stereocenters. The van der Waals surface area contributed by atoms with Gasteiger partial charge in [0.15, 0.2) is 0 Å². The van der Waals surface area contributed by atoms with Crippen LogP contribution in [0.3, 0.4) is 0 Å². The molecular formula is C38H43N3O2P2S. The van der Waals surface area contributed by atoms with Crippen molar-refractivity contribution in [3.8, 4) is 0 Å². The predicted octanol–water partition coefficient (Wildman–Crippen LogP) is 5.81. The van der Waals surface area contributed by atoms with E-state index < -0.39 is 15.8 Å². The van der Waals surface area contributed by atoms with E-state index in [1.54, 1.807) is 0 Å². The summed E-state index contributed by atoms with van der Waals surface area (Å²) < 4.78 is 0. The summed E-state index contributed by atoms with van der Waals surface area (Å²) in [6.07, 6.45) is 5.36. The SMILES string of the molecule is O=C1N[C@@H]2[C@H](CS[C@H]2CCCCC(=O)N(CCP(c2ccccc2)c2ccccc2)CCP(c2ccccc2)c2ccccc2)N1. The number of thioether (sulfide) groups is 1. The topological polar surface area (TPSA) is 61.4 Å². The highest BCUT2D eigenvalue weighted by atomic mass is 32.2. The minimum atomic E-state index is -0.585. The number of amides is 3. The van der Waals surface area contributed by atoms with Crippen molar-refractivity contribution < 1.29 is 9.59 Å². The van der Waals surface area contributed by atoms with Crippen molar-refractivity contribution in [2.45, 2.75) is 43.0 Å². The molecule has 0 bridgehead atoms. The molecule has 2 aliphatic rings. The van der Waals surface area contributed by atoms with Crippen LogP contribution in [0, 0.1) is 0 Å². The minimum absolute atomic E-state index is 0.0388. The third-order valence-electron chi connectivity index (χ3n) is 8.88. The fraction of sp³-hybridized carbons (Fsp3) is 0.316. The summed E-state index contributed by atoms with van der Waals surface area (Å²) in [5.41, 5.74) is 0. The van der Waals surface area contributed by atoms with Crippen molar-refractivity contribution >= 4 is 60.8 Å². The van der Waals surface area contributed by atoms with Crippen LogP contribution in [0.15, 0.2) is 121 Å². The van der Waals surface area contributed by atoms with E-state index in [1.807, 2.05) is 11.8 Å². The Hall–Kier alpha value is -3.17. The molecule has 0 radical (unpaired) electrons. The third kappa shape index (κ3) is 8.59. The molecule has 0 aromatic heterocycles. The normalized spacial score (nSPS) is 18.7. The Morgan fingerprint density at radius 1 is 0.674 bits per heavy atom. The molecule has 0 unspecified atom stereocenters. The van der Waals surface area contributed by atoms with E-state index >= 15 is 0 Å². The lowest BCUT2D eigenvalue weighted by Crippen LogP contribution is -2.37. The first-order valence-corrected chi connectivity index (χ1v) is 20.5. The van der Waals surface area contributed by atoms with Gasteiger partial charge in [0.05, 0.1) is 12.1 Å². The quantitative estimate of drug-likeness (QED) is 0.0957. The first kappa shape index (κ1) is 32.8. The number of unbranched alkanes of at least 4 members (excludes halogenated alkanes) is 1. The number of nitrogens with zero attached hydrogens (tertiary/aromatic N) is 1. The van der Waals surface area contributed by atoms with Gasteiger partial charge in [-0.1, -0.05) is 128 Å². The van der Waals surface area contributed by atoms with E-state index in [2.05, 4.69) is 137 Å². The predicted molar refractivity (Wildman–Crippen MR) is 198 cm³/mol. The summed E-state index contributed by atoms with van der Waals surface area (Å²) in [4.78, 5) is 28.0. The van der Waals surface area contributed by atoms with Crippen LogP contribution < -0.4 is 31.9 Å². The maximum Gasteiger partial charge on any atom is 0.315 e. The molecule has 4 aromatic rings. The van der Waals surface area contributed by atoms with Crippen LogP contribution in [0.2, 0.25) is 0 Å². The first-order chi connectivity index (χ1) is 22.7. The lowest BCUT2D eigenvalue weighted by molar-refractivity contribution is -0.130. The minimum Gasteiger partial charge on any atom is -0.342 e. The van der Waals surface area contributed by atoms with Crippen LogP contribution >= 0.6 is 27.6 Å². The van der Waals surface area contributed by atoms with Crippen LogP contribution in [0.1, 0.15) is 25.7 Å². The van der Waals surface area contributed by atoms with Crippen molar-refractivity contribution in [3.05, 3.63) is 121 Å². The van der Waals surface area contributed by atoms with E-state index in [0.29, 0.717) is 11.7 Å². The number of rotatable bonds is 15. The van der Waals surface area contributed by atoms with Crippen molar-refractivity contribution in [2.24, 2.45) is 0 Å². The van der Waals surface area contributed by atoms with Crippen LogP contribution in [-0.4, -0.2) is 65.3 Å². The number of nitrogens with one attached hydrogen (secondary N) is 2. The molecule has 4 aromatic carbocycles. The second-order valence-electron chi connectivity index (χ2n) is 11.9. The molecule has 2 saturated heterocycles. The van der Waals surface area contributed by atoms with Crippen LogP contribution in [0.5, 0.6) is 0 Å². The molecule has 6 rings (SSSR count). The summed E-state index contributed by atoms with van der Waals surface area (Å²) in [5, 5.41) is 12.0. The van der Waals surface area contributed by atoms with Gasteiger partial charge in [-0.05, 0) is 62.2 Å². The standard InChI is InChI=1S/C38H43N3O2P2S/c42-36(24-14-13-23-35-37-34(29-46-35)39-38(43)40-37)41(25-27-44(30-15-5-1-6-16-30)31-17-7-2-8-18-31)26-28-45(32-19-9-3-10-20-32)33-21-11-4-12-22-33/h1-12,15-22,34-35,37H,13-14,23-29H2,(H2,39,40,43)/t34-,35-,37+/m0/s1. The van der Waals surface area contributed by atoms with Gasteiger partial charge in [-0.3, -0.25) is 4.79 Å². The van der Waals surface area contributed by atoms with Gasteiger partial charge in [0, 0.05) is 30.5 Å². The molecular weight excluding hydrogens is 624 g/mol. The Balaban J connectivity index is 1.14. The van der Waals surface area contributed by atoms with Gasteiger partial charge in [-0.15, -0.1) is 0 Å². The third-order valence-corrected chi connectivity index (χ3v) is 15.4. The summed E-state index contributed by atoms with van der Waals surface area (Å²) in [7, 11) is -1.17. The number of hydrogen-bond acceptors (Lipinski definition) is 3. The van der Waals surface area contributed by atoms with Crippen molar-refractivity contribution in [2.75, 3.05) is 31.2 Å². The van der Waals surface area contributed by atoms with Crippen LogP contribution in [0.25, 0.3) is 0 Å². The molecule has 8 heteroatoms. The number of urea groups is 1. The highest BCUT2D eigenvalue weighted by Gasteiger charge is 2.42. The van der Waals surface area contributed by atoms with Gasteiger partial charge in [0.1, 0.15) is 0 Å². The monoisotopic (exact) mass is 667 g/mol. The molecule has 0 aliphatic carbocycles. The highest BCUT2D eigenvalue weighted by molar-refractivity contribution is 8.00. The summed E-state index contributed by atoms with van der Waals surface area (Å²) >= 11 is 1.95. The lowest BCUT2D eigenvalue weighted by atomic mass is 10.0. The molecule has 2 aliphatic heterocycles. The Morgan fingerprint density at radius 3 is 1.59 bits per heavy atom. The molecule has 238 valence electrons. The second kappa shape index (κ2) is 16.6. The Labute approximate surface area is 280 Å². The van der Waals surface area contributed by atoms with Gasteiger partial charge in [-0.2, -0.15) is 11.8 Å². The number of benzene rings is 4. The number of fused-ring (bicyclic) bond motifs is 1. The highest BCUT2D eigenvalue weighted by Crippen LogP contribution is 2.36. The summed E-state index contributed by atoms with van der Waals surface area (Å²) in [6.45, 7) is 1.50. The van der Waals surface area contributed by atoms with E-state index in [0.717, 1.165) is 50.4 Å². The number of hydrogen-bond donors (Lipinski definition) is 2. The molecule has 3 amide bonds. The Kier molecular flexibility index (Phi) is 11.8. The largest absolute Gasteiger partial charge is 0.342 e. The summed E-state index contributed by atoms with van der Waals surface area (Å²) in [5.74, 6) is 1.23. The van der Waals surface area contributed by atoms with E-state index in [9.17, 15) is 9.59 Å². The average Bonchev–Trinajstić information content (AvgIpc) is 3.66. The molecule has 2 N–H and O–H groups in total. The fourth-order valence-electron chi connectivity index (χ4n) is 6.47. The zero-order chi connectivity index (χ0) is 31.6. The van der Waals surface area contributed by atoms with Gasteiger partial charge in [-0.25, -0.2) is 4.79 Å². The average molecular weight is 668 g/mol. The Bertz CT molecular complexity index is 1370. The molecule has 2 fully saturated rings. The van der Waals surface area contributed by atoms with E-state index in [1.165, 1.54) is 21.2 Å². The number of carbonyl (C=O) groups is 2. The maximum absolute atomic E-state index is 14.0. The lowest BCUT2D eigenvalue weighted by Gasteiger charge is -2.29. The van der Waals surface area contributed by atoms with Gasteiger partial charge in [0.2, 0.25) is 5.91 Å². The number of carbonyl (C=O) groups excluding carboxylic acids is 2. The second-order valence-corrected chi connectivity index (χ2v) is 17.8. The zero-order valence-electron chi connectivity index (χ0n) is 26.2. The van der Waals surface area contributed by atoms with Crippen molar-refractivity contribution in [1.82, 2.24) is 15.5 Å². The van der Waals surface area contributed by atoms with Crippen molar-refractivity contribution in [1.29, 1.82) is 0 Å². The molecule has 0 spiro atoms. The van der Waals surface area contributed by atoms with E-state index in [-0.39, 0.29) is 24.0 Å². The maximum atomic E-state index is 14.0. The molecule has 0 saturated carbocycles.